The minimum atomic E-state index is 0.451. The summed E-state index contributed by atoms with van der Waals surface area (Å²) in [5.41, 5.74) is 22.7. The van der Waals surface area contributed by atoms with Crippen molar-refractivity contribution < 1.29 is 0 Å². The normalized spacial score (nSPS) is 12.5. The molecule has 0 radical (unpaired) electrons. The number of aromatic nitrogens is 9. The van der Waals surface area contributed by atoms with Gasteiger partial charge < -0.3 is 27.4 Å². The lowest BCUT2D eigenvalue weighted by Gasteiger charge is -2.19. The molecule has 0 N–H and O–H groups in total. The summed E-state index contributed by atoms with van der Waals surface area (Å²) >= 11 is 0. The summed E-state index contributed by atoms with van der Waals surface area (Å²) in [5, 5.41) is 24.8. The fourth-order valence-electron chi connectivity index (χ4n) is 17.3. The van der Waals surface area contributed by atoms with E-state index < -0.39 is 0 Å². The summed E-state index contributed by atoms with van der Waals surface area (Å²) in [4.78, 5) is 16.5. The maximum absolute atomic E-state index is 12.3. The predicted molar refractivity (Wildman–Crippen MR) is 427 cm³/mol. The Hall–Kier alpha value is -14.1. The van der Waals surface area contributed by atoms with E-state index >= 15 is 0 Å². The third-order valence-corrected chi connectivity index (χ3v) is 21.7. The van der Waals surface area contributed by atoms with Crippen LogP contribution in [0.3, 0.4) is 0 Å². The molecule has 0 aliphatic heterocycles. The number of fused-ring (bicyclic) bond motifs is 18. The Labute approximate surface area is 595 Å². The Morgan fingerprint density at radius 3 is 0.971 bits per heavy atom. The Morgan fingerprint density at radius 2 is 0.587 bits per heavy atom. The van der Waals surface area contributed by atoms with Gasteiger partial charge in [-0.15, -0.1) is 0 Å². The van der Waals surface area contributed by atoms with Gasteiger partial charge in [-0.3, -0.25) is 0 Å². The molecule has 7 aromatic heterocycles. The van der Waals surface area contributed by atoms with Crippen LogP contribution in [0.25, 0.3) is 194 Å². The van der Waals surface area contributed by atoms with Gasteiger partial charge in [0.05, 0.1) is 77.6 Å². The third-order valence-electron chi connectivity index (χ3n) is 21.7. The SMILES string of the molecule is N#Cc1cc(-n2c3ccc(-n4c5ccccc5c5ccccc54)cc3c3cc(-n4c5ccccc5c5ccccc54)ccc32)c(-c2nc(-c3ccccc3)nc(-c3ccccc3)n2)cc1-n1c2ccc(-n3c4c(c5ccccc53)C=CCC4)cc2c2cc(-n3c4ccccc4c4ccccc43)ccc21. The van der Waals surface area contributed by atoms with Crippen LogP contribution in [0.2, 0.25) is 0 Å². The summed E-state index contributed by atoms with van der Waals surface area (Å²) in [5.74, 6) is 1.50. The lowest BCUT2D eigenvalue weighted by atomic mass is 10.0. The van der Waals surface area contributed by atoms with Crippen molar-refractivity contribution in [2.75, 3.05) is 0 Å². The van der Waals surface area contributed by atoms with Crippen LogP contribution in [-0.2, 0) is 6.42 Å². The van der Waals surface area contributed by atoms with Gasteiger partial charge in [0.15, 0.2) is 17.5 Å². The second-order valence-corrected chi connectivity index (χ2v) is 27.3. The van der Waals surface area contributed by atoms with Gasteiger partial charge in [-0.2, -0.15) is 5.26 Å². The van der Waals surface area contributed by atoms with Crippen molar-refractivity contribution in [2.24, 2.45) is 0 Å². The highest BCUT2D eigenvalue weighted by molar-refractivity contribution is 6.16. The average Bonchev–Trinajstić information content (AvgIpc) is 1.05. The molecule has 0 saturated carbocycles. The quantitative estimate of drug-likeness (QED) is 0.144. The third kappa shape index (κ3) is 8.46. The lowest BCUT2D eigenvalue weighted by molar-refractivity contribution is 0.889. The number of allylic oxidation sites excluding steroid dienone is 1. The molecule has 7 heterocycles. The molecule has 484 valence electrons. The molecule has 0 spiro atoms. The topological polar surface area (TPSA) is 92.0 Å². The second kappa shape index (κ2) is 22.4. The molecule has 104 heavy (non-hydrogen) atoms. The molecule has 1 aliphatic carbocycles. The first-order valence-electron chi connectivity index (χ1n) is 35.4. The molecule has 0 unspecified atom stereocenters. The molecule has 0 fully saturated rings. The monoisotopic (exact) mass is 1330 g/mol. The Kier molecular flexibility index (Phi) is 12.5. The van der Waals surface area contributed by atoms with Gasteiger partial charge in [0.2, 0.25) is 0 Å². The standard InChI is InChI=1S/C94H58N10/c95-57-60-51-91(104-88-49-45-63(101-82-39-19-11-31-69(82)70-32-12-20-40-83(70)101)54-75(88)76-55-64(46-50-89(76)104)102-84-41-21-13-33-71(84)72-34-14-22-42-85(72)102)77(94-97-92(58-23-3-1-4-24-58)96-93(98-94)59-25-5-2-6-26-59)56-90(60)103-86-47-43-61(99-78-35-15-7-27-65(78)66-28-8-16-36-79(66)99)52-73(86)74-53-62(44-48-87(74)103)100-80-37-17-9-29-67(80)68-30-10-18-38-81(68)100/h1-17,19-37,39-56H,18,38H2. The Morgan fingerprint density at radius 1 is 0.269 bits per heavy atom. The lowest BCUT2D eigenvalue weighted by Crippen LogP contribution is -2.07. The number of rotatable bonds is 9. The van der Waals surface area contributed by atoms with Crippen molar-refractivity contribution in [1.29, 1.82) is 5.26 Å². The molecular formula is C94H58N10. The van der Waals surface area contributed by atoms with Crippen molar-refractivity contribution >= 4 is 126 Å². The van der Waals surface area contributed by atoms with Crippen molar-refractivity contribution in [1.82, 2.24) is 42.4 Å². The van der Waals surface area contributed by atoms with E-state index in [1.165, 1.54) is 54.5 Å². The van der Waals surface area contributed by atoms with E-state index in [0.717, 1.165) is 129 Å². The maximum Gasteiger partial charge on any atom is 0.166 e. The van der Waals surface area contributed by atoms with Gasteiger partial charge in [-0.1, -0.05) is 200 Å². The smallest absolute Gasteiger partial charge is 0.166 e. The summed E-state index contributed by atoms with van der Waals surface area (Å²) in [7, 11) is 0. The van der Waals surface area contributed by atoms with Gasteiger partial charge in [0.1, 0.15) is 6.07 Å². The van der Waals surface area contributed by atoms with Gasteiger partial charge in [-0.05, 0) is 140 Å². The molecule has 22 rings (SSSR count). The molecule has 21 aromatic rings. The van der Waals surface area contributed by atoms with Crippen LogP contribution in [0.1, 0.15) is 23.2 Å². The van der Waals surface area contributed by atoms with Crippen molar-refractivity contribution in [2.45, 2.75) is 12.8 Å². The number of hydrogen-bond acceptors (Lipinski definition) is 4. The second-order valence-electron chi connectivity index (χ2n) is 27.3. The van der Waals surface area contributed by atoms with Gasteiger partial charge in [0.25, 0.3) is 0 Å². The van der Waals surface area contributed by atoms with Crippen molar-refractivity contribution in [3.63, 3.8) is 0 Å². The molecule has 1 aliphatic rings. The Balaban J connectivity index is 0.853. The molecule has 14 aromatic carbocycles. The molecule has 0 bridgehead atoms. The van der Waals surface area contributed by atoms with Crippen LogP contribution < -0.4 is 0 Å². The molecule has 10 nitrogen and oxygen atoms in total. The Bertz CT molecular complexity index is 6920. The first kappa shape index (κ1) is 57.7. The van der Waals surface area contributed by atoms with Crippen LogP contribution >= 0.6 is 0 Å². The van der Waals surface area contributed by atoms with E-state index in [1.54, 1.807) is 0 Å². The zero-order valence-corrected chi connectivity index (χ0v) is 56.1. The number of hydrogen-bond donors (Lipinski definition) is 0. The summed E-state index contributed by atoms with van der Waals surface area (Å²) in [6.07, 6.45) is 6.49. The zero-order valence-electron chi connectivity index (χ0n) is 56.1. The van der Waals surface area contributed by atoms with E-state index in [0.29, 0.717) is 34.3 Å². The van der Waals surface area contributed by atoms with Crippen LogP contribution in [0.4, 0.5) is 0 Å². The molecule has 10 heteroatoms. The molecular weight excluding hydrogens is 1270 g/mol. The number of nitrogens with zero attached hydrogens (tertiary/aromatic N) is 10. The largest absolute Gasteiger partial charge is 0.313 e. The van der Waals surface area contributed by atoms with Gasteiger partial charge in [-0.25, -0.2) is 15.0 Å². The molecule has 0 atom stereocenters. The van der Waals surface area contributed by atoms with Gasteiger partial charge >= 0.3 is 0 Å². The van der Waals surface area contributed by atoms with Crippen LogP contribution in [0.15, 0.2) is 322 Å². The number of benzene rings is 14. The number of para-hydroxylation sites is 7. The van der Waals surface area contributed by atoms with Crippen LogP contribution in [0.5, 0.6) is 0 Å². The fourth-order valence-corrected chi connectivity index (χ4v) is 17.3. The first-order chi connectivity index (χ1) is 51.6. The van der Waals surface area contributed by atoms with Gasteiger partial charge in [0, 0.05) is 110 Å². The highest BCUT2D eigenvalue weighted by atomic mass is 15.1. The summed E-state index contributed by atoms with van der Waals surface area (Å²) < 4.78 is 14.3. The van der Waals surface area contributed by atoms with E-state index in [4.69, 9.17) is 15.0 Å². The molecule has 0 saturated heterocycles. The minimum absolute atomic E-state index is 0.451. The van der Waals surface area contributed by atoms with Crippen molar-refractivity contribution in [3.8, 4) is 74.4 Å². The highest BCUT2D eigenvalue weighted by Gasteiger charge is 2.28. The van der Waals surface area contributed by atoms with E-state index in [9.17, 15) is 5.26 Å². The predicted octanol–water partition coefficient (Wildman–Crippen LogP) is 23.1. The number of nitriles is 1. The average molecular weight is 1330 g/mol. The van der Waals surface area contributed by atoms with Crippen molar-refractivity contribution in [3.05, 3.63) is 338 Å². The van der Waals surface area contributed by atoms with E-state index in [2.05, 4.69) is 325 Å². The maximum atomic E-state index is 12.3. The summed E-state index contributed by atoms with van der Waals surface area (Å²) in [6.45, 7) is 0. The molecule has 0 amide bonds. The highest BCUT2D eigenvalue weighted by Crippen LogP contribution is 2.46. The minimum Gasteiger partial charge on any atom is -0.313 e. The van der Waals surface area contributed by atoms with E-state index in [1.807, 2.05) is 36.4 Å². The first-order valence-corrected chi connectivity index (χ1v) is 35.4. The fraction of sp³-hybridized carbons (Fsp3) is 0.0213. The summed E-state index contributed by atoms with van der Waals surface area (Å²) in [6, 6.07) is 116. The van der Waals surface area contributed by atoms with Crippen LogP contribution in [-0.4, -0.2) is 42.4 Å². The van der Waals surface area contributed by atoms with Crippen LogP contribution in [0, 0.1) is 11.3 Å². The zero-order chi connectivity index (χ0) is 68.3. The van der Waals surface area contributed by atoms with E-state index in [-0.39, 0.29) is 0 Å².